The number of hydrogen-bond donors (Lipinski definition) is 1. The molecule has 1 N–H and O–H groups in total. The zero-order chi connectivity index (χ0) is 13.9. The topological polar surface area (TPSA) is 48.3 Å². The van der Waals surface area contributed by atoms with Crippen molar-refractivity contribution in [2.24, 2.45) is 0 Å². The van der Waals surface area contributed by atoms with E-state index in [-0.39, 0.29) is 0 Å². The van der Waals surface area contributed by atoms with E-state index in [1.807, 2.05) is 6.92 Å². The molecule has 5 nitrogen and oxygen atoms in total. The number of imidazole rings is 1. The molecule has 0 bridgehead atoms. The Kier molecular flexibility index (Phi) is 8.25. The summed E-state index contributed by atoms with van der Waals surface area (Å²) in [6, 6.07) is 0. The van der Waals surface area contributed by atoms with Crippen LogP contribution in [0, 0.1) is 6.92 Å². The van der Waals surface area contributed by atoms with E-state index in [1.165, 1.54) is 0 Å². The molecule has 1 heterocycles. The second-order valence-corrected chi connectivity index (χ2v) is 4.64. The summed E-state index contributed by atoms with van der Waals surface area (Å²) >= 11 is 0. The van der Waals surface area contributed by atoms with Crippen molar-refractivity contribution >= 4 is 5.95 Å². The van der Waals surface area contributed by atoms with Crippen LogP contribution in [0.5, 0.6) is 0 Å². The Balaban J connectivity index is 2.11. The smallest absolute Gasteiger partial charge is 0.203 e. The predicted molar refractivity (Wildman–Crippen MR) is 77.7 cm³/mol. The van der Waals surface area contributed by atoms with Crippen molar-refractivity contribution in [2.75, 3.05) is 38.8 Å². The Morgan fingerprint density at radius 3 is 2.84 bits per heavy atom. The van der Waals surface area contributed by atoms with Gasteiger partial charge in [0.2, 0.25) is 5.95 Å². The molecule has 0 radical (unpaired) electrons. The molecule has 0 fully saturated rings. The fraction of sp³-hybridized carbons (Fsp3) is 0.786. The third-order valence-electron chi connectivity index (χ3n) is 2.79. The summed E-state index contributed by atoms with van der Waals surface area (Å²) < 4.78 is 12.5. The first-order chi connectivity index (χ1) is 9.27. The normalized spacial score (nSPS) is 10.9. The van der Waals surface area contributed by atoms with Crippen LogP contribution in [0.15, 0.2) is 6.20 Å². The number of unbranched alkanes of at least 4 members (excludes halogenated alkanes) is 1. The van der Waals surface area contributed by atoms with Gasteiger partial charge in [-0.15, -0.1) is 0 Å². The molecule has 0 aliphatic heterocycles. The third kappa shape index (κ3) is 6.59. The summed E-state index contributed by atoms with van der Waals surface area (Å²) in [6.07, 6.45) is 5.37. The second-order valence-electron chi connectivity index (χ2n) is 4.64. The maximum Gasteiger partial charge on any atom is 0.203 e. The number of ether oxygens (including phenoxy) is 2. The lowest BCUT2D eigenvalue weighted by atomic mass is 10.3. The van der Waals surface area contributed by atoms with Crippen molar-refractivity contribution in [3.8, 4) is 0 Å². The van der Waals surface area contributed by atoms with Crippen molar-refractivity contribution in [3.05, 3.63) is 11.9 Å². The van der Waals surface area contributed by atoms with Gasteiger partial charge in [0.05, 0.1) is 18.9 Å². The van der Waals surface area contributed by atoms with Gasteiger partial charge in [0.25, 0.3) is 0 Å². The highest BCUT2D eigenvalue weighted by Gasteiger charge is 2.03. The zero-order valence-corrected chi connectivity index (χ0v) is 12.4. The highest BCUT2D eigenvalue weighted by atomic mass is 16.5. The quantitative estimate of drug-likeness (QED) is 0.627. The zero-order valence-electron chi connectivity index (χ0n) is 12.4. The fourth-order valence-electron chi connectivity index (χ4n) is 1.87. The van der Waals surface area contributed by atoms with Gasteiger partial charge in [-0.3, -0.25) is 0 Å². The van der Waals surface area contributed by atoms with Gasteiger partial charge in [0.15, 0.2) is 0 Å². The molecule has 19 heavy (non-hydrogen) atoms. The van der Waals surface area contributed by atoms with Gasteiger partial charge in [0.1, 0.15) is 0 Å². The number of nitrogens with zero attached hydrogens (tertiary/aromatic N) is 2. The van der Waals surface area contributed by atoms with Crippen LogP contribution < -0.4 is 5.32 Å². The van der Waals surface area contributed by atoms with Crippen molar-refractivity contribution in [1.82, 2.24) is 9.55 Å². The lowest BCUT2D eigenvalue weighted by molar-refractivity contribution is 0.0691. The third-order valence-corrected chi connectivity index (χ3v) is 2.79. The lowest BCUT2D eigenvalue weighted by Gasteiger charge is -2.08. The molecule has 0 aliphatic rings. The number of rotatable bonds is 11. The SMILES string of the molecule is CCCn1cc(C)nc1NCCCCOCCOC. The van der Waals surface area contributed by atoms with E-state index in [4.69, 9.17) is 9.47 Å². The average Bonchev–Trinajstić information content (AvgIpc) is 2.73. The first-order valence-electron chi connectivity index (χ1n) is 7.12. The summed E-state index contributed by atoms with van der Waals surface area (Å²) in [5.41, 5.74) is 1.07. The van der Waals surface area contributed by atoms with E-state index in [9.17, 15) is 0 Å². The van der Waals surface area contributed by atoms with E-state index >= 15 is 0 Å². The number of nitrogens with one attached hydrogen (secondary N) is 1. The van der Waals surface area contributed by atoms with Crippen LogP contribution in [0.3, 0.4) is 0 Å². The van der Waals surface area contributed by atoms with Gasteiger partial charge in [-0.05, 0) is 26.2 Å². The van der Waals surface area contributed by atoms with Crippen LogP contribution in [0.4, 0.5) is 5.95 Å². The van der Waals surface area contributed by atoms with Crippen molar-refractivity contribution in [1.29, 1.82) is 0 Å². The molecule has 1 aromatic rings. The van der Waals surface area contributed by atoms with E-state index in [0.29, 0.717) is 13.2 Å². The van der Waals surface area contributed by atoms with Gasteiger partial charge in [-0.25, -0.2) is 4.98 Å². The molecule has 0 atom stereocenters. The monoisotopic (exact) mass is 269 g/mol. The van der Waals surface area contributed by atoms with Gasteiger partial charge in [-0.1, -0.05) is 6.92 Å². The Morgan fingerprint density at radius 1 is 1.26 bits per heavy atom. The Morgan fingerprint density at radius 2 is 2.11 bits per heavy atom. The molecular formula is C14H27N3O2. The molecule has 110 valence electrons. The Hall–Kier alpha value is -1.07. The van der Waals surface area contributed by atoms with Crippen molar-refractivity contribution in [2.45, 2.75) is 39.7 Å². The summed E-state index contributed by atoms with van der Waals surface area (Å²) in [5.74, 6) is 0.986. The highest BCUT2D eigenvalue weighted by molar-refractivity contribution is 5.28. The van der Waals surface area contributed by atoms with Gasteiger partial charge < -0.3 is 19.4 Å². The molecule has 0 saturated carbocycles. The van der Waals surface area contributed by atoms with Gasteiger partial charge >= 0.3 is 0 Å². The maximum absolute atomic E-state index is 5.42. The molecule has 0 amide bonds. The highest BCUT2D eigenvalue weighted by Crippen LogP contribution is 2.09. The van der Waals surface area contributed by atoms with Crippen LogP contribution in [0.2, 0.25) is 0 Å². The molecule has 5 heteroatoms. The van der Waals surface area contributed by atoms with Crippen LogP contribution in [0.25, 0.3) is 0 Å². The van der Waals surface area contributed by atoms with E-state index in [2.05, 4.69) is 28.0 Å². The van der Waals surface area contributed by atoms with Crippen LogP contribution in [0.1, 0.15) is 31.9 Å². The minimum atomic E-state index is 0.673. The van der Waals surface area contributed by atoms with Crippen LogP contribution in [-0.4, -0.2) is 43.0 Å². The number of aromatic nitrogens is 2. The van der Waals surface area contributed by atoms with Crippen LogP contribution in [-0.2, 0) is 16.0 Å². The molecule has 0 spiro atoms. The molecule has 0 unspecified atom stereocenters. The van der Waals surface area contributed by atoms with Gasteiger partial charge in [0, 0.05) is 33.0 Å². The summed E-state index contributed by atoms with van der Waals surface area (Å²) in [4.78, 5) is 4.49. The molecule has 1 rings (SSSR count). The first-order valence-corrected chi connectivity index (χ1v) is 7.12. The molecule has 1 aromatic heterocycles. The summed E-state index contributed by atoms with van der Waals surface area (Å²) in [6.45, 7) is 8.32. The Bertz CT molecular complexity index is 339. The standard InChI is InChI=1S/C14H27N3O2/c1-4-8-17-12-13(2)16-14(17)15-7-5-6-9-19-11-10-18-3/h12H,4-11H2,1-3H3,(H,15,16). The molecule has 0 aromatic carbocycles. The first kappa shape index (κ1) is 16.0. The largest absolute Gasteiger partial charge is 0.382 e. The van der Waals surface area contributed by atoms with Crippen molar-refractivity contribution < 1.29 is 9.47 Å². The van der Waals surface area contributed by atoms with Crippen molar-refractivity contribution in [3.63, 3.8) is 0 Å². The van der Waals surface area contributed by atoms with E-state index in [1.54, 1.807) is 7.11 Å². The minimum absolute atomic E-state index is 0.673. The predicted octanol–water partition coefficient (Wildman–Crippen LogP) is 2.46. The number of aryl methyl sites for hydroxylation is 2. The lowest BCUT2D eigenvalue weighted by Crippen LogP contribution is -2.10. The molecular weight excluding hydrogens is 242 g/mol. The van der Waals surface area contributed by atoms with E-state index in [0.717, 1.165) is 50.6 Å². The number of anilines is 1. The maximum atomic E-state index is 5.42. The van der Waals surface area contributed by atoms with E-state index < -0.39 is 0 Å². The fourth-order valence-corrected chi connectivity index (χ4v) is 1.87. The second kappa shape index (κ2) is 9.81. The van der Waals surface area contributed by atoms with Gasteiger partial charge in [-0.2, -0.15) is 0 Å². The summed E-state index contributed by atoms with van der Waals surface area (Å²) in [7, 11) is 1.69. The minimum Gasteiger partial charge on any atom is -0.382 e. The molecule has 0 saturated heterocycles. The van der Waals surface area contributed by atoms with Crippen LogP contribution >= 0.6 is 0 Å². The summed E-state index contributed by atoms with van der Waals surface area (Å²) in [5, 5.41) is 3.39. The number of methoxy groups -OCH3 is 1. The molecule has 0 aliphatic carbocycles. The average molecular weight is 269 g/mol. The Labute approximate surface area is 116 Å². The number of hydrogen-bond acceptors (Lipinski definition) is 4.